The molecule has 1 aliphatic heterocycles. The van der Waals surface area contributed by atoms with E-state index in [4.69, 9.17) is 4.84 Å². The van der Waals surface area contributed by atoms with E-state index < -0.39 is 41.3 Å². The fourth-order valence-corrected chi connectivity index (χ4v) is 4.00. The van der Waals surface area contributed by atoms with Crippen molar-refractivity contribution in [1.82, 2.24) is 0 Å². The highest BCUT2D eigenvalue weighted by Gasteiger charge is 2.53. The Labute approximate surface area is 189 Å². The molecule has 0 aromatic heterocycles. The lowest BCUT2D eigenvalue weighted by Gasteiger charge is -2.26. The molecule has 1 aliphatic rings. The van der Waals surface area contributed by atoms with Crippen molar-refractivity contribution in [3.63, 3.8) is 0 Å². The summed E-state index contributed by atoms with van der Waals surface area (Å²) in [6, 6.07) is 23.1. The van der Waals surface area contributed by atoms with Gasteiger partial charge in [-0.25, -0.2) is 14.2 Å². The Hall–Kier alpha value is -4.13. The number of halogens is 1. The Kier molecular flexibility index (Phi) is 6.40. The molecule has 0 amide bonds. The first-order valence-corrected chi connectivity index (χ1v) is 10.2. The van der Waals surface area contributed by atoms with Crippen molar-refractivity contribution >= 4 is 23.2 Å². The summed E-state index contributed by atoms with van der Waals surface area (Å²) in [4.78, 5) is 35.0. The number of rotatable bonds is 6. The number of carbonyl (C=O) groups is 2. The number of Topliss-reactive ketones (excluding diaryl/α,β-unsaturated/α-hetero) is 1. The molecule has 33 heavy (non-hydrogen) atoms. The topological polar surface area (TPSA) is 92.2 Å². The van der Waals surface area contributed by atoms with E-state index in [2.05, 4.69) is 9.53 Å². The smallest absolute Gasteiger partial charge is 0.441 e. The maximum atomic E-state index is 13.6. The summed E-state index contributed by atoms with van der Waals surface area (Å²) >= 11 is 0. The first-order chi connectivity index (χ1) is 16.0. The third-order valence-electron chi connectivity index (χ3n) is 5.51. The second kappa shape index (κ2) is 9.56. The van der Waals surface area contributed by atoms with Gasteiger partial charge >= 0.3 is 11.7 Å². The number of ketones is 1. The van der Waals surface area contributed by atoms with Crippen LogP contribution in [0.15, 0.2) is 84.9 Å². The average molecular weight is 445 g/mol. The van der Waals surface area contributed by atoms with Gasteiger partial charge in [-0.1, -0.05) is 60.7 Å². The highest BCUT2D eigenvalue weighted by Crippen LogP contribution is 2.49. The first-order valence-electron chi connectivity index (χ1n) is 10.2. The molecule has 0 bridgehead atoms. The first kappa shape index (κ1) is 22.1. The quantitative estimate of drug-likeness (QED) is 0.187. The van der Waals surface area contributed by atoms with E-state index >= 15 is 0 Å². The lowest BCUT2D eigenvalue weighted by Crippen LogP contribution is -2.37. The van der Waals surface area contributed by atoms with Crippen LogP contribution in [0.5, 0.6) is 0 Å². The van der Waals surface area contributed by atoms with Gasteiger partial charge in [0.05, 0.1) is 24.8 Å². The van der Waals surface area contributed by atoms with E-state index in [1.165, 1.54) is 17.2 Å². The Morgan fingerprint density at radius 1 is 0.939 bits per heavy atom. The lowest BCUT2D eigenvalue weighted by atomic mass is 9.82. The zero-order valence-corrected chi connectivity index (χ0v) is 17.7. The predicted octanol–water partition coefficient (Wildman–Crippen LogP) is 4.09. The second-order valence-corrected chi connectivity index (χ2v) is 7.42. The van der Waals surface area contributed by atoms with Gasteiger partial charge in [-0.3, -0.25) is 9.63 Å². The molecule has 1 heterocycles. The van der Waals surface area contributed by atoms with Crippen LogP contribution in [0.4, 0.5) is 10.1 Å². The number of esters is 1. The molecule has 0 radical (unpaired) electrons. The Morgan fingerprint density at radius 3 is 2.06 bits per heavy atom. The number of hydrogen-bond donors (Lipinski definition) is 0. The van der Waals surface area contributed by atoms with Crippen LogP contribution in [-0.2, 0) is 19.2 Å². The number of anilines is 1. The fourth-order valence-electron chi connectivity index (χ4n) is 4.00. The summed E-state index contributed by atoms with van der Waals surface area (Å²) in [7, 11) is 1.10. The normalized spacial score (nSPS) is 19.6. The monoisotopic (exact) mass is 445 g/mol. The molecular formula is C25H20FN3O4. The highest BCUT2D eigenvalue weighted by molar-refractivity contribution is 6.62. The van der Waals surface area contributed by atoms with Gasteiger partial charge in [0.15, 0.2) is 0 Å². The van der Waals surface area contributed by atoms with Crippen LogP contribution in [0.3, 0.4) is 0 Å². The van der Waals surface area contributed by atoms with E-state index in [1.807, 2.05) is 36.4 Å². The van der Waals surface area contributed by atoms with E-state index in [-0.39, 0.29) is 0 Å². The van der Waals surface area contributed by atoms with Gasteiger partial charge in [0.25, 0.3) is 5.78 Å². The van der Waals surface area contributed by atoms with E-state index in [0.29, 0.717) is 11.3 Å². The number of ether oxygens (including phenoxy) is 1. The van der Waals surface area contributed by atoms with Crippen LogP contribution in [0.25, 0.3) is 5.53 Å². The maximum Gasteiger partial charge on any atom is 0.441 e. The molecule has 0 N–H and O–H groups in total. The molecule has 0 spiro atoms. The van der Waals surface area contributed by atoms with Crippen LogP contribution in [0.2, 0.25) is 0 Å². The minimum absolute atomic E-state index is 0.415. The van der Waals surface area contributed by atoms with Gasteiger partial charge in [-0.15, -0.1) is 0 Å². The zero-order valence-electron chi connectivity index (χ0n) is 17.7. The van der Waals surface area contributed by atoms with Crippen molar-refractivity contribution in [2.75, 3.05) is 12.2 Å². The van der Waals surface area contributed by atoms with Crippen molar-refractivity contribution in [1.29, 1.82) is 0 Å². The number of carbonyl (C=O) groups excluding carboxylic acids is 2. The minimum Gasteiger partial charge on any atom is -0.460 e. The van der Waals surface area contributed by atoms with Crippen molar-refractivity contribution in [3.05, 3.63) is 107 Å². The highest BCUT2D eigenvalue weighted by atomic mass is 19.1. The zero-order chi connectivity index (χ0) is 23.4. The van der Waals surface area contributed by atoms with Gasteiger partial charge < -0.3 is 10.3 Å². The van der Waals surface area contributed by atoms with Gasteiger partial charge in [0, 0.05) is 0 Å². The third-order valence-corrected chi connectivity index (χ3v) is 5.51. The van der Waals surface area contributed by atoms with E-state index in [1.54, 1.807) is 36.4 Å². The predicted molar refractivity (Wildman–Crippen MR) is 117 cm³/mol. The van der Waals surface area contributed by atoms with Crippen LogP contribution >= 0.6 is 0 Å². The molecule has 0 saturated carbocycles. The van der Waals surface area contributed by atoms with Crippen LogP contribution in [-0.4, -0.2) is 29.4 Å². The van der Waals surface area contributed by atoms with Crippen molar-refractivity contribution < 1.29 is 28.3 Å². The second-order valence-electron chi connectivity index (χ2n) is 7.42. The number of nitrogens with zero attached hydrogens (tertiary/aromatic N) is 3. The molecule has 4 rings (SSSR count). The SMILES string of the molecule is COC(=O)C(=[N+]=[N-])C(=O)[C@@H]1[C@@H](c2ccccc2)ON(c2ccc(F)cc2)[C@H]1c1ccccc1. The summed E-state index contributed by atoms with van der Waals surface area (Å²) < 4.78 is 18.3. The summed E-state index contributed by atoms with van der Waals surface area (Å²) in [5.74, 6) is -3.19. The molecule has 8 heteroatoms. The summed E-state index contributed by atoms with van der Waals surface area (Å²) in [6.45, 7) is 0. The Balaban J connectivity index is 1.90. The maximum absolute atomic E-state index is 13.6. The summed E-state index contributed by atoms with van der Waals surface area (Å²) in [5, 5.41) is 1.53. The molecule has 1 saturated heterocycles. The minimum atomic E-state index is -1.05. The van der Waals surface area contributed by atoms with Crippen molar-refractivity contribution in [3.8, 4) is 0 Å². The van der Waals surface area contributed by atoms with E-state index in [0.717, 1.165) is 12.7 Å². The van der Waals surface area contributed by atoms with Crippen molar-refractivity contribution in [2.45, 2.75) is 12.1 Å². The van der Waals surface area contributed by atoms with E-state index in [9.17, 15) is 19.5 Å². The molecule has 3 atom stereocenters. The Bertz CT molecular complexity index is 1200. The molecule has 3 aromatic carbocycles. The van der Waals surface area contributed by atoms with Gasteiger partial charge in [-0.05, 0) is 35.4 Å². The third kappa shape index (κ3) is 4.30. The molecular weight excluding hydrogens is 425 g/mol. The van der Waals surface area contributed by atoms with Gasteiger partial charge in [0.2, 0.25) is 0 Å². The molecule has 0 unspecified atom stereocenters. The molecule has 7 nitrogen and oxygen atoms in total. The van der Waals surface area contributed by atoms with Crippen LogP contribution in [0, 0.1) is 11.7 Å². The standard InChI is InChI=1S/C25H20FN3O4/c1-32-25(31)21(28-27)23(30)20-22(16-8-4-2-5-9-16)29(19-14-12-18(26)13-15-19)33-24(20)17-10-6-3-7-11-17/h2-15,20,22,24H,1H3/t20-,22+,24-/m1/s1. The largest absolute Gasteiger partial charge is 0.460 e. The molecule has 0 aliphatic carbocycles. The van der Waals surface area contributed by atoms with Crippen LogP contribution in [0.1, 0.15) is 23.3 Å². The van der Waals surface area contributed by atoms with Crippen molar-refractivity contribution in [2.24, 2.45) is 5.92 Å². The average Bonchev–Trinajstić information content (AvgIpc) is 3.26. The van der Waals surface area contributed by atoms with Gasteiger partial charge in [0.1, 0.15) is 11.9 Å². The molecule has 166 valence electrons. The number of methoxy groups -OCH3 is 1. The number of benzene rings is 3. The number of hydrogen-bond acceptors (Lipinski definition) is 5. The summed E-state index contributed by atoms with van der Waals surface area (Å²) in [5.41, 5.74) is 10.7. The van der Waals surface area contributed by atoms with Crippen LogP contribution < -0.4 is 5.06 Å². The Morgan fingerprint density at radius 2 is 1.52 bits per heavy atom. The molecule has 1 fully saturated rings. The fraction of sp³-hybridized carbons (Fsp3) is 0.160. The summed E-state index contributed by atoms with van der Waals surface area (Å²) in [6.07, 6.45) is -0.824. The number of hydroxylamine groups is 1. The molecule has 3 aromatic rings. The van der Waals surface area contributed by atoms with Gasteiger partial charge in [-0.2, -0.15) is 4.79 Å². The lowest BCUT2D eigenvalue weighted by molar-refractivity contribution is -0.140.